The van der Waals surface area contributed by atoms with Crippen LogP contribution in [-0.2, 0) is 6.42 Å². The smallest absolute Gasteiger partial charge is 0.270 e. The number of nitrogens with one attached hydrogen (secondary N) is 1. The van der Waals surface area contributed by atoms with E-state index in [-0.39, 0.29) is 11.9 Å². The van der Waals surface area contributed by atoms with Gasteiger partial charge in [0, 0.05) is 5.56 Å². The molecule has 0 aliphatic heterocycles. The van der Waals surface area contributed by atoms with Gasteiger partial charge in [0.2, 0.25) is 0 Å². The molecule has 0 fully saturated rings. The largest absolute Gasteiger partial charge is 0.497 e. The summed E-state index contributed by atoms with van der Waals surface area (Å²) in [5.41, 5.74) is 7.40. The maximum Gasteiger partial charge on any atom is 0.270 e. The second-order valence-electron chi connectivity index (χ2n) is 9.47. The van der Waals surface area contributed by atoms with Crippen LogP contribution in [0.5, 0.6) is 5.75 Å². The van der Waals surface area contributed by atoms with Gasteiger partial charge in [0.15, 0.2) is 0 Å². The first-order chi connectivity index (χ1) is 18.5. The van der Waals surface area contributed by atoms with Gasteiger partial charge in [-0.05, 0) is 73.4 Å². The molecule has 38 heavy (non-hydrogen) atoms. The zero-order valence-electron chi connectivity index (χ0n) is 21.9. The minimum atomic E-state index is -0.196. The number of aryl methyl sites for hydroxylation is 2. The van der Waals surface area contributed by atoms with Gasteiger partial charge in [0.1, 0.15) is 11.4 Å². The lowest BCUT2D eigenvalue weighted by atomic mass is 9.98. The van der Waals surface area contributed by atoms with Crippen LogP contribution in [0.1, 0.15) is 38.8 Å². The third-order valence-electron chi connectivity index (χ3n) is 6.70. The summed E-state index contributed by atoms with van der Waals surface area (Å²) in [4.78, 5) is 13.9. The molecule has 1 amide bonds. The Labute approximate surface area is 223 Å². The molecule has 190 valence electrons. The number of carbonyl (C=O) groups is 1. The molecule has 1 N–H and O–H groups in total. The van der Waals surface area contributed by atoms with E-state index in [0.29, 0.717) is 12.1 Å². The lowest BCUT2D eigenvalue weighted by Crippen LogP contribution is -2.31. The summed E-state index contributed by atoms with van der Waals surface area (Å²) in [6.45, 7) is 4.10. The first-order valence-electron chi connectivity index (χ1n) is 12.7. The Bertz CT molecular complexity index is 1520. The number of carbonyl (C=O) groups excluding carboxylic acids is 1. The fourth-order valence-corrected chi connectivity index (χ4v) is 4.69. The number of hydrogen-bond acceptors (Lipinski definition) is 3. The number of benzene rings is 4. The van der Waals surface area contributed by atoms with Crippen molar-refractivity contribution in [3.8, 4) is 22.7 Å². The normalized spacial score (nSPS) is 11.7. The van der Waals surface area contributed by atoms with E-state index in [1.807, 2.05) is 85.8 Å². The Hall–Kier alpha value is -4.64. The number of hydrogen-bond donors (Lipinski definition) is 1. The van der Waals surface area contributed by atoms with E-state index < -0.39 is 0 Å². The lowest BCUT2D eigenvalue weighted by Gasteiger charge is -2.20. The summed E-state index contributed by atoms with van der Waals surface area (Å²) < 4.78 is 7.07. The van der Waals surface area contributed by atoms with Crippen LogP contribution >= 0.6 is 0 Å². The van der Waals surface area contributed by atoms with Crippen molar-refractivity contribution in [2.45, 2.75) is 26.3 Å². The Balaban J connectivity index is 1.54. The molecule has 0 aliphatic rings. The van der Waals surface area contributed by atoms with Gasteiger partial charge in [0.25, 0.3) is 5.91 Å². The molecule has 1 unspecified atom stereocenters. The van der Waals surface area contributed by atoms with Crippen LogP contribution in [0.3, 0.4) is 0 Å². The van der Waals surface area contributed by atoms with Crippen molar-refractivity contribution in [1.82, 2.24) is 15.1 Å². The predicted octanol–water partition coefficient (Wildman–Crippen LogP) is 6.88. The Morgan fingerprint density at radius 3 is 2.21 bits per heavy atom. The molecule has 5 nitrogen and oxygen atoms in total. The molecule has 5 aromatic rings. The summed E-state index contributed by atoms with van der Waals surface area (Å²) in [6, 6.07) is 35.9. The molecule has 0 radical (unpaired) electrons. The number of nitrogens with zero attached hydrogens (tertiary/aromatic N) is 2. The summed E-state index contributed by atoms with van der Waals surface area (Å²) >= 11 is 0. The lowest BCUT2D eigenvalue weighted by molar-refractivity contribution is 0.0928. The highest BCUT2D eigenvalue weighted by Crippen LogP contribution is 2.27. The van der Waals surface area contributed by atoms with Gasteiger partial charge in [-0.2, -0.15) is 5.10 Å². The molecular formula is C33H31N3O2. The highest BCUT2D eigenvalue weighted by molar-refractivity contribution is 5.94. The van der Waals surface area contributed by atoms with Crippen molar-refractivity contribution in [1.29, 1.82) is 0 Å². The highest BCUT2D eigenvalue weighted by atomic mass is 16.5. The van der Waals surface area contributed by atoms with Crippen molar-refractivity contribution < 1.29 is 9.53 Å². The van der Waals surface area contributed by atoms with Crippen molar-refractivity contribution in [3.63, 3.8) is 0 Å². The van der Waals surface area contributed by atoms with Crippen LogP contribution in [0.4, 0.5) is 0 Å². The van der Waals surface area contributed by atoms with Crippen molar-refractivity contribution in [3.05, 3.63) is 137 Å². The monoisotopic (exact) mass is 501 g/mol. The van der Waals surface area contributed by atoms with Crippen LogP contribution in [0.15, 0.2) is 109 Å². The van der Waals surface area contributed by atoms with Crippen LogP contribution < -0.4 is 10.1 Å². The summed E-state index contributed by atoms with van der Waals surface area (Å²) in [7, 11) is 1.64. The maximum atomic E-state index is 13.9. The van der Waals surface area contributed by atoms with Crippen molar-refractivity contribution in [2.75, 3.05) is 7.11 Å². The minimum Gasteiger partial charge on any atom is -0.497 e. The summed E-state index contributed by atoms with van der Waals surface area (Å²) in [6.07, 6.45) is 0.680. The second-order valence-corrected chi connectivity index (χ2v) is 9.47. The minimum absolute atomic E-state index is 0.179. The van der Waals surface area contributed by atoms with Crippen LogP contribution in [0, 0.1) is 13.8 Å². The average Bonchev–Trinajstić information content (AvgIpc) is 3.39. The first-order valence-corrected chi connectivity index (χ1v) is 12.7. The van der Waals surface area contributed by atoms with Crippen LogP contribution in [0.2, 0.25) is 0 Å². The molecule has 0 spiro atoms. The third kappa shape index (κ3) is 5.52. The molecule has 5 rings (SSSR count). The predicted molar refractivity (Wildman–Crippen MR) is 152 cm³/mol. The van der Waals surface area contributed by atoms with Gasteiger partial charge >= 0.3 is 0 Å². The van der Waals surface area contributed by atoms with E-state index in [0.717, 1.165) is 44.9 Å². The first kappa shape index (κ1) is 25.0. The fourth-order valence-electron chi connectivity index (χ4n) is 4.69. The molecule has 0 bridgehead atoms. The Kier molecular flexibility index (Phi) is 7.36. The molecular weight excluding hydrogens is 470 g/mol. The average molecular weight is 502 g/mol. The van der Waals surface area contributed by atoms with Gasteiger partial charge in [-0.15, -0.1) is 0 Å². The van der Waals surface area contributed by atoms with Crippen LogP contribution in [-0.4, -0.2) is 22.8 Å². The number of rotatable bonds is 8. The fraction of sp³-hybridized carbons (Fsp3) is 0.152. The summed E-state index contributed by atoms with van der Waals surface area (Å²) in [5, 5.41) is 8.20. The van der Waals surface area contributed by atoms with E-state index in [9.17, 15) is 4.79 Å². The number of amides is 1. The number of aromatic nitrogens is 2. The highest BCUT2D eigenvalue weighted by Gasteiger charge is 2.22. The Morgan fingerprint density at radius 2 is 1.55 bits per heavy atom. The molecule has 0 saturated carbocycles. The molecule has 1 atom stereocenters. The molecule has 5 heteroatoms. The quantitative estimate of drug-likeness (QED) is 0.252. The van der Waals surface area contributed by atoms with Gasteiger partial charge in [-0.25, -0.2) is 4.68 Å². The van der Waals surface area contributed by atoms with Crippen LogP contribution in [0.25, 0.3) is 16.9 Å². The topological polar surface area (TPSA) is 56.1 Å². The zero-order valence-corrected chi connectivity index (χ0v) is 21.9. The standard InChI is InChI=1S/C33H31N3O2/c1-23-14-19-31(24(2)20-23)36-32(22-30(35-36)27-15-17-28(38-3)18-16-27)33(37)34-29(26-12-8-5-9-13-26)21-25-10-6-4-7-11-25/h4-20,22,29H,21H2,1-3H3,(H,34,37). The molecule has 0 saturated heterocycles. The molecule has 4 aromatic carbocycles. The SMILES string of the molecule is COc1ccc(-c2cc(C(=O)NC(Cc3ccccc3)c3ccccc3)n(-c3ccc(C)cc3C)n2)cc1. The van der Waals surface area contributed by atoms with Gasteiger partial charge < -0.3 is 10.1 Å². The van der Waals surface area contributed by atoms with E-state index in [1.54, 1.807) is 11.8 Å². The second kappa shape index (κ2) is 11.2. The van der Waals surface area contributed by atoms with Crippen molar-refractivity contribution in [2.24, 2.45) is 0 Å². The van der Waals surface area contributed by atoms with Gasteiger partial charge in [-0.1, -0.05) is 78.4 Å². The number of methoxy groups -OCH3 is 1. The van der Waals surface area contributed by atoms with Crippen molar-refractivity contribution >= 4 is 5.91 Å². The van der Waals surface area contributed by atoms with E-state index in [1.165, 1.54) is 0 Å². The summed E-state index contributed by atoms with van der Waals surface area (Å²) in [5.74, 6) is 0.592. The van der Waals surface area contributed by atoms with E-state index in [4.69, 9.17) is 9.84 Å². The maximum absolute atomic E-state index is 13.9. The van der Waals surface area contributed by atoms with Gasteiger partial charge in [0.05, 0.1) is 24.5 Å². The third-order valence-corrected chi connectivity index (χ3v) is 6.70. The number of ether oxygens (including phenoxy) is 1. The Morgan fingerprint density at radius 1 is 0.868 bits per heavy atom. The zero-order chi connectivity index (χ0) is 26.5. The van der Waals surface area contributed by atoms with E-state index in [2.05, 4.69) is 42.6 Å². The van der Waals surface area contributed by atoms with E-state index >= 15 is 0 Å². The molecule has 0 aliphatic carbocycles. The molecule has 1 heterocycles. The van der Waals surface area contributed by atoms with Gasteiger partial charge in [-0.3, -0.25) is 4.79 Å². The molecule has 1 aromatic heterocycles.